The molecular formula is C58H36N4S2Si. The second kappa shape index (κ2) is 14.2. The number of benzene rings is 8. The Hall–Kier alpha value is -7.68. The standard InChI is InChI=1S/C58H36N4S2Si/c1-3-15-39(16-4-1)65(40-17-5-2-6-18-40,53-27-11-21-43-47-35-37(29-31-51(47)63-55(43)53)61-49-25-9-7-19-41(49)45-23-13-33-59-57(45)61)54-28-12-22-44-48-36-38(30-32-52(48)64-56(44)54)62-50-26-10-8-20-42(50)46-24-14-34-60-58(46)62/h1-36H. The Morgan fingerprint density at radius 1 is 0.338 bits per heavy atom. The van der Waals surface area contributed by atoms with Gasteiger partial charge < -0.3 is 0 Å². The fourth-order valence-electron chi connectivity index (χ4n) is 10.9. The second-order valence-corrected chi connectivity index (χ2v) is 22.7. The number of para-hydroxylation sites is 2. The molecule has 0 saturated heterocycles. The van der Waals surface area contributed by atoms with Crippen LogP contribution in [-0.2, 0) is 0 Å². The average molecular weight is 881 g/mol. The molecule has 7 heteroatoms. The van der Waals surface area contributed by atoms with E-state index in [0.29, 0.717) is 0 Å². The molecule has 0 aliphatic heterocycles. The van der Waals surface area contributed by atoms with Crippen LogP contribution in [0, 0.1) is 0 Å². The summed E-state index contributed by atoms with van der Waals surface area (Å²) in [5, 5.41) is 15.4. The van der Waals surface area contributed by atoms with E-state index in [1.54, 1.807) is 0 Å². The summed E-state index contributed by atoms with van der Waals surface area (Å²) in [7, 11) is -3.04. The van der Waals surface area contributed by atoms with Gasteiger partial charge in [0.15, 0.2) is 8.07 Å². The zero-order valence-electron chi connectivity index (χ0n) is 34.9. The van der Waals surface area contributed by atoms with Crippen LogP contribution in [-0.4, -0.2) is 27.2 Å². The maximum atomic E-state index is 4.92. The molecule has 0 aliphatic carbocycles. The number of hydrogen-bond acceptors (Lipinski definition) is 4. The first-order chi connectivity index (χ1) is 32.3. The topological polar surface area (TPSA) is 35.6 Å². The molecule has 0 N–H and O–H groups in total. The van der Waals surface area contributed by atoms with Crippen LogP contribution in [0.25, 0.3) is 95.6 Å². The fourth-order valence-corrected chi connectivity index (χ4v) is 19.2. The summed E-state index contributed by atoms with van der Waals surface area (Å²) in [5.41, 5.74) is 6.51. The fraction of sp³-hybridized carbons (Fsp3) is 0. The van der Waals surface area contributed by atoms with E-state index in [9.17, 15) is 0 Å². The predicted octanol–water partition coefficient (Wildman–Crippen LogP) is 12.8. The van der Waals surface area contributed by atoms with Crippen molar-refractivity contribution in [1.82, 2.24) is 19.1 Å². The Balaban J connectivity index is 1.04. The third kappa shape index (κ3) is 5.23. The van der Waals surface area contributed by atoms with E-state index in [-0.39, 0.29) is 0 Å². The van der Waals surface area contributed by atoms with Crippen molar-refractivity contribution in [2.75, 3.05) is 0 Å². The normalized spacial score (nSPS) is 12.3. The smallest absolute Gasteiger partial charge is 0.182 e. The summed E-state index contributed by atoms with van der Waals surface area (Å²) < 4.78 is 9.91. The van der Waals surface area contributed by atoms with Crippen molar-refractivity contribution < 1.29 is 0 Å². The van der Waals surface area contributed by atoms with Gasteiger partial charge in [-0.05, 0) is 93.5 Å². The van der Waals surface area contributed by atoms with Crippen LogP contribution < -0.4 is 20.7 Å². The first kappa shape index (κ1) is 36.8. The molecule has 0 radical (unpaired) electrons. The number of fused-ring (bicyclic) bond motifs is 12. The lowest BCUT2D eigenvalue weighted by Gasteiger charge is -2.35. The van der Waals surface area contributed by atoms with E-state index in [0.717, 1.165) is 44.5 Å². The number of thiophene rings is 2. The van der Waals surface area contributed by atoms with Crippen LogP contribution in [0.4, 0.5) is 0 Å². The molecule has 6 aromatic heterocycles. The molecular weight excluding hydrogens is 845 g/mol. The lowest BCUT2D eigenvalue weighted by Crippen LogP contribution is -2.74. The van der Waals surface area contributed by atoms with E-state index < -0.39 is 8.07 Å². The van der Waals surface area contributed by atoms with Gasteiger partial charge in [-0.15, -0.1) is 22.7 Å². The molecule has 0 aliphatic rings. The highest BCUT2D eigenvalue weighted by Gasteiger charge is 2.44. The molecule has 0 atom stereocenters. The van der Waals surface area contributed by atoms with Crippen molar-refractivity contribution >= 4 is 136 Å². The monoisotopic (exact) mass is 880 g/mol. The summed E-state index contributed by atoms with van der Waals surface area (Å²) in [5.74, 6) is 0. The lowest BCUT2D eigenvalue weighted by atomic mass is 10.1. The minimum Gasteiger partial charge on any atom is -0.294 e. The number of rotatable bonds is 6. The molecule has 14 rings (SSSR count). The molecule has 304 valence electrons. The van der Waals surface area contributed by atoms with Crippen molar-refractivity contribution in [2.24, 2.45) is 0 Å². The molecule has 0 fully saturated rings. The van der Waals surface area contributed by atoms with Crippen molar-refractivity contribution in [2.45, 2.75) is 0 Å². The minimum atomic E-state index is -3.04. The van der Waals surface area contributed by atoms with Crippen molar-refractivity contribution in [3.63, 3.8) is 0 Å². The van der Waals surface area contributed by atoms with Gasteiger partial charge in [0, 0.05) is 85.7 Å². The minimum absolute atomic E-state index is 0.975. The zero-order chi connectivity index (χ0) is 42.6. The van der Waals surface area contributed by atoms with Gasteiger partial charge in [-0.2, -0.15) is 0 Å². The number of hydrogen-bond donors (Lipinski definition) is 0. The van der Waals surface area contributed by atoms with Gasteiger partial charge in [0.1, 0.15) is 11.3 Å². The lowest BCUT2D eigenvalue weighted by molar-refractivity contribution is 1.14. The van der Waals surface area contributed by atoms with Gasteiger partial charge in [-0.3, -0.25) is 9.13 Å². The first-order valence-corrected chi connectivity index (χ1v) is 25.6. The third-order valence-corrected chi connectivity index (χ3v) is 21.2. The van der Waals surface area contributed by atoms with Crippen molar-refractivity contribution in [1.29, 1.82) is 0 Å². The van der Waals surface area contributed by atoms with Crippen molar-refractivity contribution in [3.8, 4) is 11.4 Å². The molecule has 0 saturated carbocycles. The highest BCUT2D eigenvalue weighted by molar-refractivity contribution is 7.33. The van der Waals surface area contributed by atoms with Crippen LogP contribution in [0.15, 0.2) is 219 Å². The zero-order valence-corrected chi connectivity index (χ0v) is 37.5. The van der Waals surface area contributed by atoms with E-state index in [1.807, 2.05) is 47.2 Å². The maximum Gasteiger partial charge on any atom is 0.182 e. The summed E-state index contributed by atoms with van der Waals surface area (Å²) in [6, 6.07) is 76.7. The first-order valence-electron chi connectivity index (χ1n) is 22.0. The van der Waals surface area contributed by atoms with E-state index in [1.165, 1.54) is 71.9 Å². The van der Waals surface area contributed by atoms with Gasteiger partial charge in [-0.25, -0.2) is 9.97 Å². The summed E-state index contributed by atoms with van der Waals surface area (Å²) >= 11 is 3.86. The Labute approximate surface area is 382 Å². The number of nitrogens with zero attached hydrogens (tertiary/aromatic N) is 4. The SMILES string of the molecule is c1ccc([Si](c2ccccc2)(c2cccc3c2sc2ccc(-n4c5ccccc5c5cccnc54)cc23)c2cccc3c2sc2ccc(-n4c5ccccc5c5cccnc54)cc23)cc1. The Morgan fingerprint density at radius 2 is 0.754 bits per heavy atom. The van der Waals surface area contributed by atoms with Gasteiger partial charge in [0.2, 0.25) is 0 Å². The number of aromatic nitrogens is 4. The molecule has 6 heterocycles. The van der Waals surface area contributed by atoms with Crippen molar-refractivity contribution in [3.05, 3.63) is 219 Å². The highest BCUT2D eigenvalue weighted by Crippen LogP contribution is 2.40. The van der Waals surface area contributed by atoms with E-state index in [2.05, 4.69) is 203 Å². The molecule has 14 aromatic rings. The molecule has 65 heavy (non-hydrogen) atoms. The Bertz CT molecular complexity index is 3820. The van der Waals surface area contributed by atoms with Gasteiger partial charge in [0.25, 0.3) is 0 Å². The Morgan fingerprint density at radius 3 is 1.23 bits per heavy atom. The summed E-state index contributed by atoms with van der Waals surface area (Å²) in [4.78, 5) is 9.84. The average Bonchev–Trinajstić information content (AvgIpc) is 4.13. The molecule has 4 nitrogen and oxygen atoms in total. The van der Waals surface area contributed by atoms with E-state index in [4.69, 9.17) is 9.97 Å². The van der Waals surface area contributed by atoms with Crippen LogP contribution >= 0.6 is 22.7 Å². The summed E-state index contributed by atoms with van der Waals surface area (Å²) in [6.07, 6.45) is 3.80. The van der Waals surface area contributed by atoms with Crippen LogP contribution in [0.2, 0.25) is 0 Å². The third-order valence-electron chi connectivity index (χ3n) is 13.6. The second-order valence-electron chi connectivity index (χ2n) is 16.9. The van der Waals surface area contributed by atoms with Gasteiger partial charge in [-0.1, -0.05) is 133 Å². The molecule has 0 spiro atoms. The van der Waals surface area contributed by atoms with Crippen LogP contribution in [0.5, 0.6) is 0 Å². The number of pyridine rings is 2. The van der Waals surface area contributed by atoms with Crippen LogP contribution in [0.3, 0.4) is 0 Å². The predicted molar refractivity (Wildman–Crippen MR) is 280 cm³/mol. The maximum absolute atomic E-state index is 4.92. The highest BCUT2D eigenvalue weighted by atomic mass is 32.1. The van der Waals surface area contributed by atoms with Gasteiger partial charge >= 0.3 is 0 Å². The largest absolute Gasteiger partial charge is 0.294 e. The summed E-state index contributed by atoms with van der Waals surface area (Å²) in [6.45, 7) is 0. The quantitative estimate of drug-likeness (QED) is 0.123. The van der Waals surface area contributed by atoms with Crippen LogP contribution in [0.1, 0.15) is 0 Å². The molecule has 8 aromatic carbocycles. The molecule has 0 bridgehead atoms. The molecule has 0 amide bonds. The van der Waals surface area contributed by atoms with E-state index >= 15 is 0 Å². The van der Waals surface area contributed by atoms with Gasteiger partial charge in [0.05, 0.1) is 11.0 Å². The molecule has 0 unspecified atom stereocenters. The Kier molecular flexibility index (Phi) is 8.01.